The zero-order chi connectivity index (χ0) is 56.9. The van der Waals surface area contributed by atoms with E-state index in [4.69, 9.17) is 57.3 Å². The Bertz CT molecular complexity index is 1570. The van der Waals surface area contributed by atoms with Gasteiger partial charge in [0.25, 0.3) is 0 Å². The third-order valence-electron chi connectivity index (χ3n) is 13.5. The van der Waals surface area contributed by atoms with Crippen LogP contribution in [0.4, 0.5) is 0 Å². The average Bonchev–Trinajstić information content (AvgIpc) is 3.39. The summed E-state index contributed by atoms with van der Waals surface area (Å²) in [6, 6.07) is -5.73. The fourth-order valence-electron chi connectivity index (χ4n) is 8.73. The molecule has 444 valence electrons. The van der Waals surface area contributed by atoms with Crippen molar-refractivity contribution in [3.8, 4) is 0 Å². The molecule has 24 heteroatoms. The molecule has 0 radical (unpaired) electrons. The molecule has 0 aromatic rings. The SMILES string of the molecule is CC(CCCCNC(=O)C(CCCCN)NC(=O)C(CCCCN)NC(=O)C(CCCCN)NC(=O)C(N)CCCCN)NC(=O)C(CCCN)CCC(CCCN)NC(=O)C(CCCN)NC(=O)C(N)CCCCN. The van der Waals surface area contributed by atoms with E-state index in [0.717, 1.165) is 6.42 Å². The maximum atomic E-state index is 13.9. The summed E-state index contributed by atoms with van der Waals surface area (Å²) in [5.74, 6) is -3.10. The number of hydrogen-bond donors (Lipinski definition) is 17. The fourth-order valence-corrected chi connectivity index (χ4v) is 8.73. The Kier molecular flexibility index (Phi) is 44.4. The minimum Gasteiger partial charge on any atom is -0.354 e. The second-order valence-electron chi connectivity index (χ2n) is 20.3. The molecule has 0 aromatic carbocycles. The maximum Gasteiger partial charge on any atom is 0.243 e. The van der Waals surface area contributed by atoms with Gasteiger partial charge < -0.3 is 94.6 Å². The van der Waals surface area contributed by atoms with Crippen LogP contribution in [0.2, 0.25) is 0 Å². The number of nitrogens with one attached hydrogen (secondary N) is 7. The van der Waals surface area contributed by atoms with Crippen LogP contribution in [0.15, 0.2) is 0 Å². The van der Waals surface area contributed by atoms with E-state index < -0.39 is 59.9 Å². The Morgan fingerprint density at radius 1 is 0.303 bits per heavy atom. The van der Waals surface area contributed by atoms with Crippen molar-refractivity contribution in [3.63, 3.8) is 0 Å². The number of nitrogens with two attached hydrogens (primary N) is 10. The monoisotopic (exact) mass is 1080 g/mol. The first kappa shape index (κ1) is 71.9. The average molecular weight is 1080 g/mol. The zero-order valence-electron chi connectivity index (χ0n) is 46.6. The third kappa shape index (κ3) is 34.6. The molecule has 0 saturated carbocycles. The number of hydrogen-bond acceptors (Lipinski definition) is 17. The highest BCUT2D eigenvalue weighted by Crippen LogP contribution is 2.19. The summed E-state index contributed by atoms with van der Waals surface area (Å²) in [4.78, 5) is 94.7. The molecular formula is C52H109N17O7. The van der Waals surface area contributed by atoms with Gasteiger partial charge in [0.1, 0.15) is 24.2 Å². The molecular weight excluding hydrogens is 975 g/mol. The lowest BCUT2D eigenvalue weighted by molar-refractivity contribution is -0.134. The smallest absolute Gasteiger partial charge is 0.243 e. The van der Waals surface area contributed by atoms with Gasteiger partial charge in [-0.05, 0) is 213 Å². The van der Waals surface area contributed by atoms with Gasteiger partial charge in [-0.3, -0.25) is 33.6 Å². The number of carbonyl (C=O) groups is 7. The predicted octanol–water partition coefficient (Wildman–Crippen LogP) is -1.89. The van der Waals surface area contributed by atoms with Gasteiger partial charge in [-0.1, -0.05) is 12.8 Å². The molecule has 0 aliphatic rings. The first-order valence-electron chi connectivity index (χ1n) is 28.8. The van der Waals surface area contributed by atoms with E-state index in [1.807, 2.05) is 6.92 Å². The van der Waals surface area contributed by atoms with E-state index in [1.165, 1.54) is 0 Å². The van der Waals surface area contributed by atoms with Crippen LogP contribution in [0.1, 0.15) is 174 Å². The van der Waals surface area contributed by atoms with E-state index in [-0.39, 0.29) is 42.1 Å². The molecule has 0 aliphatic carbocycles. The summed E-state index contributed by atoms with van der Waals surface area (Å²) in [5.41, 5.74) is 58.2. The highest BCUT2D eigenvalue weighted by molar-refractivity contribution is 5.95. The minimum absolute atomic E-state index is 0.103. The standard InChI is InChI=1S/C52H109N17O7/c1-37(64-46(70)38(18-14-33-58)26-27-39(19-15-34-59)65-50(74)45(25-16-35-60)67-48(72)41(62)21-3-9-29-54)17-7-13-36-63-49(73)42(22-4-10-30-55)68-52(76)44(24-6-12-32-57)69-51(75)43(23-5-11-31-56)66-47(71)40(61)20-2-8-28-53/h37-45H,2-36,53-62H2,1H3,(H,63,73)(H,64,70)(H,65,74)(H,66,71)(H,67,72)(H,68,76)(H,69,75). The molecule has 7 amide bonds. The topological polar surface area (TPSA) is 464 Å². The molecule has 0 aliphatic heterocycles. The molecule has 0 aromatic heterocycles. The van der Waals surface area contributed by atoms with Gasteiger partial charge in [-0.25, -0.2) is 0 Å². The highest BCUT2D eigenvalue weighted by atomic mass is 16.2. The predicted molar refractivity (Wildman–Crippen MR) is 302 cm³/mol. The number of amides is 7. The van der Waals surface area contributed by atoms with Gasteiger partial charge in [0, 0.05) is 24.5 Å². The van der Waals surface area contributed by atoms with Crippen LogP contribution < -0.4 is 94.6 Å². The van der Waals surface area contributed by atoms with Crippen molar-refractivity contribution in [2.45, 2.75) is 222 Å². The van der Waals surface area contributed by atoms with Crippen LogP contribution in [-0.2, 0) is 33.6 Å². The van der Waals surface area contributed by atoms with Gasteiger partial charge >= 0.3 is 0 Å². The van der Waals surface area contributed by atoms with Gasteiger partial charge in [0.15, 0.2) is 0 Å². The summed E-state index contributed by atoms with van der Waals surface area (Å²) in [5, 5.41) is 20.5. The first-order valence-corrected chi connectivity index (χ1v) is 28.8. The molecule has 9 atom stereocenters. The van der Waals surface area contributed by atoms with E-state index in [0.29, 0.717) is 213 Å². The van der Waals surface area contributed by atoms with Crippen molar-refractivity contribution in [3.05, 3.63) is 0 Å². The lowest BCUT2D eigenvalue weighted by atomic mass is 9.92. The molecule has 0 fully saturated rings. The molecule has 0 saturated heterocycles. The lowest BCUT2D eigenvalue weighted by Gasteiger charge is -2.26. The normalized spacial score (nSPS) is 14.9. The Hall–Kier alpha value is -4.11. The fraction of sp³-hybridized carbons (Fsp3) is 0.865. The Balaban J connectivity index is 5.71. The van der Waals surface area contributed by atoms with E-state index in [2.05, 4.69) is 37.2 Å². The Morgan fingerprint density at radius 2 is 0.645 bits per heavy atom. The van der Waals surface area contributed by atoms with Crippen LogP contribution in [0, 0.1) is 5.92 Å². The molecule has 27 N–H and O–H groups in total. The van der Waals surface area contributed by atoms with E-state index in [1.54, 1.807) is 0 Å². The third-order valence-corrected chi connectivity index (χ3v) is 13.5. The molecule has 9 unspecified atom stereocenters. The minimum atomic E-state index is -1.01. The van der Waals surface area contributed by atoms with Crippen LogP contribution in [0.5, 0.6) is 0 Å². The second-order valence-corrected chi connectivity index (χ2v) is 20.3. The van der Waals surface area contributed by atoms with Gasteiger partial charge in [-0.15, -0.1) is 0 Å². The Labute approximate surface area is 455 Å². The van der Waals surface area contributed by atoms with Crippen LogP contribution >= 0.6 is 0 Å². The molecule has 0 rings (SSSR count). The van der Waals surface area contributed by atoms with Crippen molar-refractivity contribution in [2.75, 3.05) is 58.9 Å². The van der Waals surface area contributed by atoms with Crippen molar-refractivity contribution < 1.29 is 33.6 Å². The van der Waals surface area contributed by atoms with Crippen molar-refractivity contribution in [2.24, 2.45) is 63.3 Å². The van der Waals surface area contributed by atoms with E-state index >= 15 is 0 Å². The first-order chi connectivity index (χ1) is 36.6. The van der Waals surface area contributed by atoms with Crippen molar-refractivity contribution in [1.82, 2.24) is 37.2 Å². The van der Waals surface area contributed by atoms with Gasteiger partial charge in [0.05, 0.1) is 12.1 Å². The van der Waals surface area contributed by atoms with Crippen molar-refractivity contribution >= 4 is 41.4 Å². The van der Waals surface area contributed by atoms with Crippen LogP contribution in [0.3, 0.4) is 0 Å². The quantitative estimate of drug-likeness (QED) is 0.0296. The maximum absolute atomic E-state index is 13.9. The van der Waals surface area contributed by atoms with Crippen LogP contribution in [0.25, 0.3) is 0 Å². The van der Waals surface area contributed by atoms with Crippen LogP contribution in [-0.4, -0.2) is 149 Å². The summed E-state index contributed by atoms with van der Waals surface area (Å²) in [6.07, 6.45) is 14.4. The lowest BCUT2D eigenvalue weighted by Crippen LogP contribution is -2.57. The van der Waals surface area contributed by atoms with Crippen molar-refractivity contribution in [1.29, 1.82) is 0 Å². The summed E-state index contributed by atoms with van der Waals surface area (Å²) in [6.45, 7) is 5.65. The zero-order valence-corrected chi connectivity index (χ0v) is 46.6. The largest absolute Gasteiger partial charge is 0.354 e. The number of carbonyl (C=O) groups excluding carboxylic acids is 7. The summed E-state index contributed by atoms with van der Waals surface area (Å²) in [7, 11) is 0. The Morgan fingerprint density at radius 3 is 1.08 bits per heavy atom. The summed E-state index contributed by atoms with van der Waals surface area (Å²) >= 11 is 0. The number of rotatable bonds is 50. The second kappa shape index (κ2) is 46.9. The molecule has 0 spiro atoms. The molecule has 0 heterocycles. The van der Waals surface area contributed by atoms with Gasteiger partial charge in [-0.2, -0.15) is 0 Å². The van der Waals surface area contributed by atoms with Gasteiger partial charge in [0.2, 0.25) is 41.4 Å². The highest BCUT2D eigenvalue weighted by Gasteiger charge is 2.31. The number of unbranched alkanes of at least 4 members (excludes halogenated alkanes) is 6. The molecule has 76 heavy (non-hydrogen) atoms. The van der Waals surface area contributed by atoms with E-state index in [9.17, 15) is 33.6 Å². The molecule has 0 bridgehead atoms. The molecule has 24 nitrogen and oxygen atoms in total. The summed E-state index contributed by atoms with van der Waals surface area (Å²) < 4.78 is 0.